The first kappa shape index (κ1) is 15.3. The van der Waals surface area contributed by atoms with E-state index in [-0.39, 0.29) is 0 Å². The van der Waals surface area contributed by atoms with E-state index in [1.54, 1.807) is 0 Å². The Labute approximate surface area is 128 Å². The summed E-state index contributed by atoms with van der Waals surface area (Å²) in [5.41, 5.74) is 11.3. The highest BCUT2D eigenvalue weighted by atomic mass is 32.3. The molecule has 0 radical (unpaired) electrons. The number of aryl methyl sites for hydroxylation is 1. The summed E-state index contributed by atoms with van der Waals surface area (Å²) >= 11 is 0. The van der Waals surface area contributed by atoms with Crippen molar-refractivity contribution in [2.24, 2.45) is 0 Å². The first-order valence-corrected chi connectivity index (χ1v) is 8.58. The standard InChI is InChI=1S/C14H17N3.H2O4S/c15-9-4-5-13-11(8-9)10-2-1-3-12-14(10)17(13)7-6-16-12;1-5(2,3)4/h4-5,8,12,16H,1-3,6-7,15H2;(H2,1,2,3,4). The smallest absolute Gasteiger partial charge is 0.394 e. The number of nitrogens with two attached hydrogens (primary N) is 1. The first-order chi connectivity index (χ1) is 10.3. The summed E-state index contributed by atoms with van der Waals surface area (Å²) in [6.45, 7) is 2.18. The van der Waals surface area contributed by atoms with Crippen molar-refractivity contribution < 1.29 is 17.5 Å². The molecule has 5 N–H and O–H groups in total. The van der Waals surface area contributed by atoms with E-state index < -0.39 is 10.4 Å². The number of nitrogens with zero attached hydrogens (tertiary/aromatic N) is 1. The molecule has 0 fully saturated rings. The predicted octanol–water partition coefficient (Wildman–Crippen LogP) is 1.55. The van der Waals surface area contributed by atoms with Crippen LogP contribution in [0.2, 0.25) is 0 Å². The van der Waals surface area contributed by atoms with E-state index >= 15 is 0 Å². The molecule has 1 aromatic heterocycles. The molecule has 0 saturated heterocycles. The Balaban J connectivity index is 0.000000254. The zero-order valence-corrected chi connectivity index (χ0v) is 12.8. The second-order valence-corrected chi connectivity index (χ2v) is 6.53. The minimum absolute atomic E-state index is 0.570. The van der Waals surface area contributed by atoms with E-state index in [1.807, 2.05) is 6.07 Å². The molecule has 0 spiro atoms. The van der Waals surface area contributed by atoms with Crippen molar-refractivity contribution in [2.75, 3.05) is 12.3 Å². The minimum Gasteiger partial charge on any atom is -0.399 e. The number of rotatable bonds is 0. The number of hydrogen-bond donors (Lipinski definition) is 4. The average molecular weight is 325 g/mol. The second kappa shape index (κ2) is 5.54. The Morgan fingerprint density at radius 3 is 2.77 bits per heavy atom. The van der Waals surface area contributed by atoms with Crippen LogP contribution in [0.25, 0.3) is 10.9 Å². The van der Waals surface area contributed by atoms with Gasteiger partial charge in [0.25, 0.3) is 0 Å². The van der Waals surface area contributed by atoms with Crippen LogP contribution >= 0.6 is 0 Å². The van der Waals surface area contributed by atoms with Gasteiger partial charge in [0.1, 0.15) is 0 Å². The molecule has 0 bridgehead atoms. The largest absolute Gasteiger partial charge is 0.399 e. The number of benzene rings is 1. The van der Waals surface area contributed by atoms with Crippen molar-refractivity contribution in [3.8, 4) is 0 Å². The van der Waals surface area contributed by atoms with Crippen molar-refractivity contribution in [1.82, 2.24) is 9.88 Å². The molecule has 1 aliphatic heterocycles. The second-order valence-electron chi connectivity index (χ2n) is 5.64. The van der Waals surface area contributed by atoms with Gasteiger partial charge < -0.3 is 15.6 Å². The molecule has 1 unspecified atom stereocenters. The molecule has 120 valence electrons. The molecule has 4 rings (SSSR count). The third-order valence-electron chi connectivity index (χ3n) is 4.21. The first-order valence-electron chi connectivity index (χ1n) is 7.18. The monoisotopic (exact) mass is 325 g/mol. The molecule has 1 aliphatic carbocycles. The Bertz CT molecular complexity index is 803. The summed E-state index contributed by atoms with van der Waals surface area (Å²) < 4.78 is 34.1. The van der Waals surface area contributed by atoms with Crippen molar-refractivity contribution in [1.29, 1.82) is 0 Å². The maximum Gasteiger partial charge on any atom is 0.394 e. The highest BCUT2D eigenvalue weighted by Crippen LogP contribution is 2.39. The van der Waals surface area contributed by atoms with Gasteiger partial charge in [0, 0.05) is 41.4 Å². The molecule has 2 heterocycles. The van der Waals surface area contributed by atoms with Crippen LogP contribution in [0.3, 0.4) is 0 Å². The van der Waals surface area contributed by atoms with Crippen LogP contribution in [0.5, 0.6) is 0 Å². The lowest BCUT2D eigenvalue weighted by Gasteiger charge is -2.31. The van der Waals surface area contributed by atoms with Crippen LogP contribution in [0, 0.1) is 0 Å². The summed E-state index contributed by atoms with van der Waals surface area (Å²) in [5, 5.41) is 5.02. The number of nitrogens with one attached hydrogen (secondary N) is 1. The van der Waals surface area contributed by atoms with Gasteiger partial charge in [-0.15, -0.1) is 0 Å². The number of anilines is 1. The summed E-state index contributed by atoms with van der Waals surface area (Å²) in [7, 11) is -4.67. The van der Waals surface area contributed by atoms with Gasteiger partial charge in [0.15, 0.2) is 0 Å². The van der Waals surface area contributed by atoms with Gasteiger partial charge in [-0.1, -0.05) is 0 Å². The molecular weight excluding hydrogens is 306 g/mol. The van der Waals surface area contributed by atoms with Gasteiger partial charge >= 0.3 is 10.4 Å². The predicted molar refractivity (Wildman–Crippen MR) is 84.2 cm³/mol. The molecule has 0 saturated carbocycles. The van der Waals surface area contributed by atoms with Gasteiger partial charge in [-0.25, -0.2) is 0 Å². The van der Waals surface area contributed by atoms with Crippen LogP contribution in [0.1, 0.15) is 30.1 Å². The number of hydrogen-bond acceptors (Lipinski definition) is 4. The Hall–Kier alpha value is -1.61. The highest BCUT2D eigenvalue weighted by molar-refractivity contribution is 7.79. The molecule has 1 atom stereocenters. The van der Waals surface area contributed by atoms with E-state index in [0.29, 0.717) is 6.04 Å². The molecule has 1 aromatic carbocycles. The highest BCUT2D eigenvalue weighted by Gasteiger charge is 2.29. The van der Waals surface area contributed by atoms with Gasteiger partial charge in [0.05, 0.1) is 0 Å². The van der Waals surface area contributed by atoms with E-state index in [9.17, 15) is 0 Å². The SMILES string of the molecule is Nc1ccc2c(c1)c1c3n2CCNC3CCC1.O=S(=O)(O)O. The Morgan fingerprint density at radius 1 is 1.32 bits per heavy atom. The van der Waals surface area contributed by atoms with Crippen LogP contribution in [0.4, 0.5) is 5.69 Å². The molecule has 2 aromatic rings. The topological polar surface area (TPSA) is 118 Å². The summed E-state index contributed by atoms with van der Waals surface area (Å²) in [4.78, 5) is 0. The van der Waals surface area contributed by atoms with Crippen molar-refractivity contribution in [3.05, 3.63) is 29.5 Å². The van der Waals surface area contributed by atoms with Gasteiger partial charge in [-0.3, -0.25) is 9.11 Å². The fourth-order valence-corrected chi connectivity index (χ4v) is 3.53. The van der Waals surface area contributed by atoms with E-state index in [1.165, 1.54) is 41.4 Å². The van der Waals surface area contributed by atoms with E-state index in [4.69, 9.17) is 23.3 Å². The third-order valence-corrected chi connectivity index (χ3v) is 4.21. The molecule has 2 aliphatic rings. The summed E-state index contributed by atoms with van der Waals surface area (Å²) in [5.74, 6) is 0. The molecular formula is C14H19N3O4S. The molecule has 7 nitrogen and oxygen atoms in total. The quantitative estimate of drug-likeness (QED) is 0.431. The normalized spacial score (nSPS) is 20.2. The lowest BCUT2D eigenvalue weighted by molar-refractivity contribution is 0.381. The maximum absolute atomic E-state index is 8.74. The van der Waals surface area contributed by atoms with E-state index in [0.717, 1.165) is 18.8 Å². The maximum atomic E-state index is 8.74. The number of nitrogen functional groups attached to an aromatic ring is 1. The lowest BCUT2D eigenvalue weighted by Crippen LogP contribution is -2.35. The fraction of sp³-hybridized carbons (Fsp3) is 0.429. The van der Waals surface area contributed by atoms with Crippen molar-refractivity contribution in [3.63, 3.8) is 0 Å². The number of fused-ring (bicyclic) bond motifs is 3. The van der Waals surface area contributed by atoms with Crippen LogP contribution < -0.4 is 11.1 Å². The van der Waals surface area contributed by atoms with Gasteiger partial charge in [-0.05, 0) is 43.0 Å². The zero-order chi connectivity index (χ0) is 15.9. The minimum atomic E-state index is -4.67. The fourth-order valence-electron chi connectivity index (χ4n) is 3.53. The summed E-state index contributed by atoms with van der Waals surface area (Å²) in [6.07, 6.45) is 3.78. The molecule has 0 amide bonds. The third kappa shape index (κ3) is 2.95. The Kier molecular flexibility index (Phi) is 3.85. The van der Waals surface area contributed by atoms with Crippen LogP contribution in [-0.4, -0.2) is 28.6 Å². The average Bonchev–Trinajstić information content (AvgIpc) is 2.74. The van der Waals surface area contributed by atoms with Crippen molar-refractivity contribution >= 4 is 27.0 Å². The van der Waals surface area contributed by atoms with Crippen molar-refractivity contribution in [2.45, 2.75) is 31.8 Å². The lowest BCUT2D eigenvalue weighted by atomic mass is 9.91. The van der Waals surface area contributed by atoms with Crippen LogP contribution in [-0.2, 0) is 23.4 Å². The van der Waals surface area contributed by atoms with Gasteiger partial charge in [-0.2, -0.15) is 8.42 Å². The summed E-state index contributed by atoms with van der Waals surface area (Å²) in [6, 6.07) is 6.93. The molecule has 22 heavy (non-hydrogen) atoms. The molecule has 8 heteroatoms. The zero-order valence-electron chi connectivity index (χ0n) is 12.0. The number of aromatic nitrogens is 1. The van der Waals surface area contributed by atoms with E-state index in [2.05, 4.69) is 22.0 Å². The Morgan fingerprint density at radius 2 is 2.05 bits per heavy atom. The van der Waals surface area contributed by atoms with Crippen LogP contribution in [0.15, 0.2) is 18.2 Å². The van der Waals surface area contributed by atoms with Gasteiger partial charge in [0.2, 0.25) is 0 Å².